The fraction of sp³-hybridized carbons (Fsp3) is 0.778. The third kappa shape index (κ3) is 4.87. The van der Waals surface area contributed by atoms with Crippen molar-refractivity contribution in [3.8, 4) is 0 Å². The van der Waals surface area contributed by atoms with E-state index in [1.165, 1.54) is 6.39 Å². The molecule has 0 saturated carbocycles. The summed E-state index contributed by atoms with van der Waals surface area (Å²) in [6, 6.07) is 0. The van der Waals surface area contributed by atoms with Crippen molar-refractivity contribution in [1.29, 1.82) is 0 Å². The topological polar surface area (TPSA) is 69.4 Å². The van der Waals surface area contributed by atoms with Crippen LogP contribution in [0.15, 0.2) is 10.9 Å². The Morgan fingerprint density at radius 3 is 2.67 bits per heavy atom. The van der Waals surface area contributed by atoms with E-state index < -0.39 is 0 Å². The molecule has 0 amide bonds. The standard InChI is InChI=1S/C9H17N3O3/c1-3-13-9(14-4-2)6-10-5-8-11-7-15-12-8/h7,9-10H,3-6H2,1-2H3. The van der Waals surface area contributed by atoms with E-state index in [9.17, 15) is 0 Å². The molecule has 0 unspecified atom stereocenters. The van der Waals surface area contributed by atoms with Gasteiger partial charge in [-0.1, -0.05) is 5.16 Å². The summed E-state index contributed by atoms with van der Waals surface area (Å²) < 4.78 is 15.3. The van der Waals surface area contributed by atoms with Gasteiger partial charge in [0.2, 0.25) is 6.39 Å². The summed E-state index contributed by atoms with van der Waals surface area (Å²) in [5.41, 5.74) is 0. The zero-order valence-electron chi connectivity index (χ0n) is 9.10. The quantitative estimate of drug-likeness (QED) is 0.639. The van der Waals surface area contributed by atoms with Gasteiger partial charge in [0.05, 0.1) is 6.54 Å². The summed E-state index contributed by atoms with van der Waals surface area (Å²) in [4.78, 5) is 3.88. The largest absolute Gasteiger partial charge is 0.352 e. The Hall–Kier alpha value is -0.980. The first-order valence-corrected chi connectivity index (χ1v) is 5.06. The molecular weight excluding hydrogens is 198 g/mol. The van der Waals surface area contributed by atoms with Gasteiger partial charge in [0.25, 0.3) is 0 Å². The monoisotopic (exact) mass is 215 g/mol. The Labute approximate surface area is 88.9 Å². The molecule has 0 aliphatic heterocycles. The molecule has 6 nitrogen and oxygen atoms in total. The number of hydrogen-bond donors (Lipinski definition) is 1. The molecule has 1 N–H and O–H groups in total. The Balaban J connectivity index is 2.15. The second kappa shape index (κ2) is 7.33. The van der Waals surface area contributed by atoms with Crippen LogP contribution in [-0.2, 0) is 16.0 Å². The molecule has 0 saturated heterocycles. The van der Waals surface area contributed by atoms with Crippen molar-refractivity contribution in [3.63, 3.8) is 0 Å². The van der Waals surface area contributed by atoms with Crippen molar-refractivity contribution in [3.05, 3.63) is 12.2 Å². The van der Waals surface area contributed by atoms with E-state index in [1.54, 1.807) is 0 Å². The van der Waals surface area contributed by atoms with Crippen molar-refractivity contribution < 1.29 is 14.0 Å². The van der Waals surface area contributed by atoms with E-state index in [2.05, 4.69) is 20.0 Å². The minimum atomic E-state index is -0.216. The minimum Gasteiger partial charge on any atom is -0.352 e. The molecule has 1 aromatic rings. The molecule has 0 spiro atoms. The molecule has 15 heavy (non-hydrogen) atoms. The maximum Gasteiger partial charge on any atom is 0.213 e. The van der Waals surface area contributed by atoms with Crippen LogP contribution in [0.3, 0.4) is 0 Å². The highest BCUT2D eigenvalue weighted by Gasteiger charge is 2.07. The zero-order valence-corrected chi connectivity index (χ0v) is 9.10. The molecule has 0 radical (unpaired) electrons. The summed E-state index contributed by atoms with van der Waals surface area (Å²) in [7, 11) is 0. The lowest BCUT2D eigenvalue weighted by Gasteiger charge is -2.16. The molecule has 6 heteroatoms. The van der Waals surface area contributed by atoms with Crippen molar-refractivity contribution >= 4 is 0 Å². The average molecular weight is 215 g/mol. The van der Waals surface area contributed by atoms with Gasteiger partial charge in [0.1, 0.15) is 0 Å². The summed E-state index contributed by atoms with van der Waals surface area (Å²) in [5.74, 6) is 0.627. The first kappa shape index (κ1) is 12.1. The Morgan fingerprint density at radius 2 is 2.13 bits per heavy atom. The van der Waals surface area contributed by atoms with E-state index in [4.69, 9.17) is 9.47 Å². The van der Waals surface area contributed by atoms with Crippen molar-refractivity contribution in [1.82, 2.24) is 15.5 Å². The Bertz CT molecular complexity index is 235. The van der Waals surface area contributed by atoms with Crippen LogP contribution in [0.25, 0.3) is 0 Å². The van der Waals surface area contributed by atoms with Crippen LogP contribution in [0, 0.1) is 0 Å². The predicted octanol–water partition coefficient (Wildman–Crippen LogP) is 0.558. The molecule has 0 aliphatic rings. The van der Waals surface area contributed by atoms with Crippen LogP contribution in [-0.4, -0.2) is 36.2 Å². The average Bonchev–Trinajstić information content (AvgIpc) is 2.71. The highest BCUT2D eigenvalue weighted by atomic mass is 16.7. The first-order valence-electron chi connectivity index (χ1n) is 5.06. The van der Waals surface area contributed by atoms with Crippen LogP contribution in [0.5, 0.6) is 0 Å². The molecule has 0 aromatic carbocycles. The normalized spacial score (nSPS) is 11.1. The highest BCUT2D eigenvalue weighted by molar-refractivity contribution is 4.76. The van der Waals surface area contributed by atoms with Crippen LogP contribution in [0.4, 0.5) is 0 Å². The Kier molecular flexibility index (Phi) is 5.91. The third-order valence-electron chi connectivity index (χ3n) is 1.71. The molecular formula is C9H17N3O3. The molecule has 0 atom stereocenters. The third-order valence-corrected chi connectivity index (χ3v) is 1.71. The minimum absolute atomic E-state index is 0.216. The van der Waals surface area contributed by atoms with Gasteiger partial charge in [-0.2, -0.15) is 4.98 Å². The van der Waals surface area contributed by atoms with Gasteiger partial charge in [-0.05, 0) is 13.8 Å². The number of ether oxygens (including phenoxy) is 2. The van der Waals surface area contributed by atoms with Gasteiger partial charge in [-0.25, -0.2) is 0 Å². The molecule has 0 bridgehead atoms. The molecule has 1 heterocycles. The molecule has 1 aromatic heterocycles. The molecule has 86 valence electrons. The lowest BCUT2D eigenvalue weighted by Crippen LogP contribution is -2.31. The Morgan fingerprint density at radius 1 is 1.40 bits per heavy atom. The maximum atomic E-state index is 5.35. The van der Waals surface area contributed by atoms with E-state index in [1.807, 2.05) is 13.8 Å². The van der Waals surface area contributed by atoms with Gasteiger partial charge >= 0.3 is 0 Å². The number of nitrogens with one attached hydrogen (secondary N) is 1. The van der Waals surface area contributed by atoms with E-state index >= 15 is 0 Å². The fourth-order valence-electron chi connectivity index (χ4n) is 1.11. The summed E-state index contributed by atoms with van der Waals surface area (Å²) in [6.45, 7) is 6.29. The number of hydrogen-bond acceptors (Lipinski definition) is 6. The van der Waals surface area contributed by atoms with Crippen molar-refractivity contribution in [2.75, 3.05) is 19.8 Å². The lowest BCUT2D eigenvalue weighted by molar-refractivity contribution is -0.133. The second-order valence-corrected chi connectivity index (χ2v) is 2.82. The van der Waals surface area contributed by atoms with Gasteiger partial charge in [-0.3, -0.25) is 0 Å². The van der Waals surface area contributed by atoms with Crippen molar-refractivity contribution in [2.45, 2.75) is 26.7 Å². The SMILES string of the molecule is CCOC(CNCc1ncon1)OCC. The number of nitrogens with zero attached hydrogens (tertiary/aromatic N) is 2. The summed E-state index contributed by atoms with van der Waals surface area (Å²) in [6.07, 6.45) is 1.09. The van der Waals surface area contributed by atoms with E-state index in [-0.39, 0.29) is 6.29 Å². The molecule has 0 fully saturated rings. The molecule has 1 rings (SSSR count). The van der Waals surface area contributed by atoms with Crippen LogP contribution in [0.1, 0.15) is 19.7 Å². The van der Waals surface area contributed by atoms with Crippen molar-refractivity contribution in [2.24, 2.45) is 0 Å². The van der Waals surface area contributed by atoms with Gasteiger partial charge in [-0.15, -0.1) is 0 Å². The zero-order chi connectivity index (χ0) is 10.9. The van der Waals surface area contributed by atoms with Gasteiger partial charge in [0.15, 0.2) is 12.1 Å². The lowest BCUT2D eigenvalue weighted by atomic mass is 10.5. The van der Waals surface area contributed by atoms with Gasteiger partial charge in [0, 0.05) is 19.8 Å². The van der Waals surface area contributed by atoms with Crippen LogP contribution in [0.2, 0.25) is 0 Å². The van der Waals surface area contributed by atoms with Crippen LogP contribution >= 0.6 is 0 Å². The van der Waals surface area contributed by atoms with E-state index in [0.717, 1.165) is 0 Å². The van der Waals surface area contributed by atoms with Gasteiger partial charge < -0.3 is 19.3 Å². The molecule has 0 aliphatic carbocycles. The number of rotatable bonds is 8. The number of aromatic nitrogens is 2. The predicted molar refractivity (Wildman–Crippen MR) is 53.0 cm³/mol. The maximum absolute atomic E-state index is 5.35. The first-order chi connectivity index (χ1) is 7.36. The fourth-order valence-corrected chi connectivity index (χ4v) is 1.11. The second-order valence-electron chi connectivity index (χ2n) is 2.82. The smallest absolute Gasteiger partial charge is 0.213 e. The summed E-state index contributed by atoms with van der Waals surface area (Å²) in [5, 5.41) is 6.80. The highest BCUT2D eigenvalue weighted by Crippen LogP contribution is 1.94. The van der Waals surface area contributed by atoms with Crippen LogP contribution < -0.4 is 5.32 Å². The van der Waals surface area contributed by atoms with E-state index in [0.29, 0.717) is 32.1 Å². The summed E-state index contributed by atoms with van der Waals surface area (Å²) >= 11 is 0.